The minimum atomic E-state index is -0.630. The minimum absolute atomic E-state index is 0.174. The molecule has 1 spiro atoms. The van der Waals surface area contributed by atoms with Crippen LogP contribution >= 0.6 is 0 Å². The fourth-order valence-corrected chi connectivity index (χ4v) is 11.0. The lowest BCUT2D eigenvalue weighted by Gasteiger charge is -2.40. The highest BCUT2D eigenvalue weighted by Crippen LogP contribution is 2.65. The predicted octanol–water partition coefficient (Wildman–Crippen LogP) is 15.0. The van der Waals surface area contributed by atoms with Crippen LogP contribution in [0.5, 0.6) is 11.5 Å². The molecule has 0 radical (unpaired) electrons. The van der Waals surface area contributed by atoms with Gasteiger partial charge in [-0.25, -0.2) is 0 Å². The van der Waals surface area contributed by atoms with E-state index in [0.717, 1.165) is 72.4 Å². The molecule has 10 aromatic rings. The zero-order chi connectivity index (χ0) is 39.0. The number of anilines is 3. The van der Waals surface area contributed by atoms with Gasteiger partial charge in [-0.05, 0) is 80.7 Å². The Bertz CT molecular complexity index is 3420. The second-order valence-electron chi connectivity index (χ2n) is 16.7. The van der Waals surface area contributed by atoms with E-state index >= 15 is 0 Å². The van der Waals surface area contributed by atoms with Gasteiger partial charge >= 0.3 is 0 Å². The summed E-state index contributed by atoms with van der Waals surface area (Å²) in [5.74, 6) is 1.80. The monoisotopic (exact) mass is 755 g/mol. The number of ether oxygens (including phenoxy) is 1. The fraction of sp³-hybridized carbons (Fsp3) is 0.0714. The number of hydrogen-bond acceptors (Lipinski definition) is 3. The van der Waals surface area contributed by atoms with Crippen molar-refractivity contribution in [1.82, 2.24) is 0 Å². The van der Waals surface area contributed by atoms with Crippen molar-refractivity contribution >= 4 is 49.8 Å². The molecule has 1 aromatic heterocycles. The summed E-state index contributed by atoms with van der Waals surface area (Å²) < 4.78 is 13.8. The summed E-state index contributed by atoms with van der Waals surface area (Å²) in [5.41, 5.74) is 16.6. The van der Waals surface area contributed by atoms with Crippen LogP contribution in [0.3, 0.4) is 0 Å². The molecule has 0 saturated heterocycles. The van der Waals surface area contributed by atoms with Crippen molar-refractivity contribution in [2.45, 2.75) is 24.7 Å². The highest BCUT2D eigenvalue weighted by Gasteiger charge is 2.52. The van der Waals surface area contributed by atoms with E-state index in [0.29, 0.717) is 0 Å². The first-order chi connectivity index (χ1) is 29.0. The number of rotatable bonds is 3. The molecule has 2 heterocycles. The van der Waals surface area contributed by atoms with Gasteiger partial charge in [0.25, 0.3) is 0 Å². The van der Waals surface area contributed by atoms with Gasteiger partial charge in [0.1, 0.15) is 17.1 Å². The summed E-state index contributed by atoms with van der Waals surface area (Å²) in [6, 6.07) is 68.6. The Labute approximate surface area is 342 Å². The zero-order valence-corrected chi connectivity index (χ0v) is 32.7. The number of benzene rings is 9. The molecule has 0 amide bonds. The number of fused-ring (bicyclic) bond motifs is 17. The molecule has 3 nitrogen and oxygen atoms in total. The Hall–Kier alpha value is -7.36. The largest absolute Gasteiger partial charge is 0.456 e. The first-order valence-electron chi connectivity index (χ1n) is 20.5. The second-order valence-corrected chi connectivity index (χ2v) is 16.7. The molecule has 59 heavy (non-hydrogen) atoms. The summed E-state index contributed by atoms with van der Waals surface area (Å²) in [7, 11) is 0. The van der Waals surface area contributed by atoms with Crippen LogP contribution in [0.25, 0.3) is 55.0 Å². The van der Waals surface area contributed by atoms with Gasteiger partial charge in [-0.2, -0.15) is 0 Å². The quantitative estimate of drug-likeness (QED) is 0.180. The van der Waals surface area contributed by atoms with E-state index in [1.54, 1.807) is 0 Å². The summed E-state index contributed by atoms with van der Waals surface area (Å²) in [5, 5.41) is 4.48. The fourth-order valence-electron chi connectivity index (χ4n) is 11.0. The average molecular weight is 756 g/mol. The van der Waals surface area contributed by atoms with Crippen molar-refractivity contribution in [2.24, 2.45) is 0 Å². The molecule has 1 atom stereocenters. The standard InChI is InChI=1S/C56H37NO2/c1-55(2)42-21-8-5-17-37(42)38-31-30-35(33-47(38)55)57(49-26-13-20-40-39-18-7-11-27-50(39)58-54(40)49)48-25-14-24-45-52(48)41-19-6-9-22-43(41)56(45)44-23-10-12-28-51(44)59-53-36-16-4-3-15-34(36)29-32-46(53)56/h3-33H,1-2H3. The molecule has 1 aliphatic heterocycles. The van der Waals surface area contributed by atoms with Crippen molar-refractivity contribution in [1.29, 1.82) is 0 Å². The molecule has 278 valence electrons. The van der Waals surface area contributed by atoms with Gasteiger partial charge in [0.2, 0.25) is 0 Å². The maximum absolute atomic E-state index is 6.97. The van der Waals surface area contributed by atoms with E-state index in [1.165, 1.54) is 44.5 Å². The van der Waals surface area contributed by atoms with Gasteiger partial charge in [-0.15, -0.1) is 0 Å². The van der Waals surface area contributed by atoms with Crippen LogP contribution in [0.2, 0.25) is 0 Å². The number of nitrogens with zero attached hydrogens (tertiary/aromatic N) is 1. The summed E-state index contributed by atoms with van der Waals surface area (Å²) in [4.78, 5) is 2.46. The lowest BCUT2D eigenvalue weighted by atomic mass is 9.65. The summed E-state index contributed by atoms with van der Waals surface area (Å²) in [6.45, 7) is 4.71. The highest BCUT2D eigenvalue weighted by molar-refractivity contribution is 6.11. The van der Waals surface area contributed by atoms with Crippen molar-refractivity contribution in [3.8, 4) is 33.8 Å². The minimum Gasteiger partial charge on any atom is -0.456 e. The van der Waals surface area contributed by atoms with Gasteiger partial charge in [0.05, 0.1) is 16.8 Å². The molecule has 3 aliphatic rings. The third kappa shape index (κ3) is 4.16. The SMILES string of the molecule is CC1(C)c2ccccc2-c2ccc(N(c3cccc4c3-c3ccccc3C43c4ccccc4Oc4c3ccc3ccccc43)c3cccc4c3oc3ccccc34)cc21. The van der Waals surface area contributed by atoms with Gasteiger partial charge in [-0.1, -0.05) is 166 Å². The molecule has 9 aromatic carbocycles. The molecule has 0 fully saturated rings. The number of para-hydroxylation sites is 3. The van der Waals surface area contributed by atoms with Crippen LogP contribution in [-0.2, 0) is 10.8 Å². The van der Waals surface area contributed by atoms with E-state index in [2.05, 4.69) is 207 Å². The lowest BCUT2D eigenvalue weighted by Crippen LogP contribution is -2.32. The molecular weight excluding hydrogens is 719 g/mol. The van der Waals surface area contributed by atoms with Crippen molar-refractivity contribution in [2.75, 3.05) is 4.90 Å². The van der Waals surface area contributed by atoms with Crippen molar-refractivity contribution in [3.05, 3.63) is 221 Å². The Morgan fingerprint density at radius 2 is 1.10 bits per heavy atom. The van der Waals surface area contributed by atoms with Crippen LogP contribution in [0, 0.1) is 0 Å². The topological polar surface area (TPSA) is 25.6 Å². The summed E-state index contributed by atoms with van der Waals surface area (Å²) >= 11 is 0. The van der Waals surface area contributed by atoms with Gasteiger partial charge in [0.15, 0.2) is 5.58 Å². The molecule has 0 saturated carbocycles. The Morgan fingerprint density at radius 3 is 2.00 bits per heavy atom. The zero-order valence-electron chi connectivity index (χ0n) is 32.7. The third-order valence-corrected chi connectivity index (χ3v) is 13.5. The van der Waals surface area contributed by atoms with E-state index in [1.807, 2.05) is 0 Å². The maximum Gasteiger partial charge on any atom is 0.159 e. The lowest BCUT2D eigenvalue weighted by molar-refractivity contribution is 0.441. The summed E-state index contributed by atoms with van der Waals surface area (Å²) in [6.07, 6.45) is 0. The van der Waals surface area contributed by atoms with Crippen LogP contribution in [-0.4, -0.2) is 0 Å². The van der Waals surface area contributed by atoms with Crippen molar-refractivity contribution < 1.29 is 9.15 Å². The Morgan fingerprint density at radius 1 is 0.441 bits per heavy atom. The Kier molecular flexibility index (Phi) is 6.44. The molecule has 1 unspecified atom stereocenters. The Balaban J connectivity index is 1.15. The van der Waals surface area contributed by atoms with E-state index in [-0.39, 0.29) is 5.41 Å². The maximum atomic E-state index is 6.97. The van der Waals surface area contributed by atoms with Crippen LogP contribution in [0.1, 0.15) is 47.2 Å². The second kappa shape index (κ2) is 11.6. The number of hydrogen-bond donors (Lipinski definition) is 0. The molecule has 0 N–H and O–H groups in total. The highest BCUT2D eigenvalue weighted by atomic mass is 16.5. The van der Waals surface area contributed by atoms with E-state index in [9.17, 15) is 0 Å². The first kappa shape index (κ1) is 32.7. The van der Waals surface area contributed by atoms with Crippen LogP contribution in [0.15, 0.2) is 192 Å². The van der Waals surface area contributed by atoms with Gasteiger partial charge in [0, 0.05) is 44.0 Å². The normalized spacial score (nSPS) is 16.3. The first-order valence-corrected chi connectivity index (χ1v) is 20.5. The van der Waals surface area contributed by atoms with Crippen LogP contribution in [0.4, 0.5) is 17.1 Å². The molecule has 0 bridgehead atoms. The number of furan rings is 1. The van der Waals surface area contributed by atoms with Gasteiger partial charge in [-0.3, -0.25) is 0 Å². The van der Waals surface area contributed by atoms with Crippen molar-refractivity contribution in [3.63, 3.8) is 0 Å². The molecule has 3 heteroatoms. The van der Waals surface area contributed by atoms with E-state index < -0.39 is 5.41 Å². The van der Waals surface area contributed by atoms with E-state index in [4.69, 9.17) is 9.15 Å². The molecule has 2 aliphatic carbocycles. The smallest absolute Gasteiger partial charge is 0.159 e. The molecular formula is C56H37NO2. The van der Waals surface area contributed by atoms with Gasteiger partial charge < -0.3 is 14.1 Å². The average Bonchev–Trinajstić information content (AvgIpc) is 3.89. The third-order valence-electron chi connectivity index (χ3n) is 13.5. The predicted molar refractivity (Wildman–Crippen MR) is 241 cm³/mol. The molecule has 13 rings (SSSR count). The van der Waals surface area contributed by atoms with Crippen LogP contribution < -0.4 is 9.64 Å².